The molecule has 4 rings (SSSR count). The van der Waals surface area contributed by atoms with Crippen LogP contribution in [0, 0.1) is 11.3 Å². The SMILES string of the molecule is CCC(c1ccccc1)C1(C#N)c2ccccc2C=CN1C(=O)c1ccccc1. The number of fused-ring (bicyclic) bond motifs is 1. The minimum absolute atomic E-state index is 0.174. The van der Waals surface area contributed by atoms with Gasteiger partial charge in [0.15, 0.2) is 5.54 Å². The molecule has 2 unspecified atom stereocenters. The maximum atomic E-state index is 13.6. The van der Waals surface area contributed by atoms with Crippen molar-refractivity contribution in [2.75, 3.05) is 0 Å². The number of amides is 1. The van der Waals surface area contributed by atoms with Crippen molar-refractivity contribution in [1.29, 1.82) is 5.26 Å². The maximum absolute atomic E-state index is 13.6. The number of benzene rings is 3. The Morgan fingerprint density at radius 2 is 1.59 bits per heavy atom. The first kappa shape index (κ1) is 18.7. The number of nitriles is 1. The first-order chi connectivity index (χ1) is 14.2. The van der Waals surface area contributed by atoms with E-state index in [2.05, 4.69) is 13.0 Å². The van der Waals surface area contributed by atoms with Crippen molar-refractivity contribution < 1.29 is 4.79 Å². The fourth-order valence-corrected chi connectivity index (χ4v) is 4.34. The Morgan fingerprint density at radius 1 is 0.966 bits per heavy atom. The van der Waals surface area contributed by atoms with E-state index in [9.17, 15) is 10.1 Å². The highest BCUT2D eigenvalue weighted by Crippen LogP contribution is 2.48. The molecule has 1 amide bonds. The van der Waals surface area contributed by atoms with Crippen molar-refractivity contribution in [2.45, 2.75) is 24.8 Å². The summed E-state index contributed by atoms with van der Waals surface area (Å²) in [4.78, 5) is 15.2. The van der Waals surface area contributed by atoms with Crippen LogP contribution >= 0.6 is 0 Å². The van der Waals surface area contributed by atoms with Gasteiger partial charge >= 0.3 is 0 Å². The van der Waals surface area contributed by atoms with E-state index in [-0.39, 0.29) is 11.8 Å². The van der Waals surface area contributed by atoms with Crippen molar-refractivity contribution in [3.05, 3.63) is 113 Å². The van der Waals surface area contributed by atoms with Crippen LogP contribution in [-0.4, -0.2) is 10.8 Å². The Morgan fingerprint density at radius 3 is 2.24 bits per heavy atom. The molecule has 1 heterocycles. The molecule has 0 saturated heterocycles. The Bertz CT molecular complexity index is 1080. The molecule has 0 spiro atoms. The van der Waals surface area contributed by atoms with Crippen LogP contribution in [0.5, 0.6) is 0 Å². The van der Waals surface area contributed by atoms with Gasteiger partial charge in [0.1, 0.15) is 0 Å². The summed E-state index contributed by atoms with van der Waals surface area (Å²) in [5.74, 6) is -0.347. The predicted octanol–water partition coefficient (Wildman–Crippen LogP) is 5.73. The molecule has 0 saturated carbocycles. The molecule has 3 heteroatoms. The third kappa shape index (κ3) is 3.03. The molecule has 0 fully saturated rings. The van der Waals surface area contributed by atoms with Gasteiger partial charge < -0.3 is 0 Å². The van der Waals surface area contributed by atoms with Gasteiger partial charge in [0.05, 0.1) is 6.07 Å². The monoisotopic (exact) mass is 378 g/mol. The van der Waals surface area contributed by atoms with Crippen molar-refractivity contribution in [3.8, 4) is 6.07 Å². The Labute approximate surface area is 171 Å². The number of hydrogen-bond donors (Lipinski definition) is 0. The fraction of sp³-hybridized carbons (Fsp3) is 0.154. The average molecular weight is 378 g/mol. The maximum Gasteiger partial charge on any atom is 0.259 e. The quantitative estimate of drug-likeness (QED) is 0.582. The summed E-state index contributed by atoms with van der Waals surface area (Å²) < 4.78 is 0. The third-order valence-electron chi connectivity index (χ3n) is 5.68. The van der Waals surface area contributed by atoms with Gasteiger partial charge in [-0.15, -0.1) is 0 Å². The van der Waals surface area contributed by atoms with Crippen LogP contribution in [0.15, 0.2) is 91.1 Å². The van der Waals surface area contributed by atoms with E-state index in [1.54, 1.807) is 23.2 Å². The van der Waals surface area contributed by atoms with Crippen molar-refractivity contribution in [3.63, 3.8) is 0 Å². The number of carbonyl (C=O) groups excluding carboxylic acids is 1. The Hall–Kier alpha value is -3.64. The Balaban J connectivity index is 1.96. The molecular weight excluding hydrogens is 356 g/mol. The number of hydrogen-bond acceptors (Lipinski definition) is 2. The van der Waals surface area contributed by atoms with Crippen molar-refractivity contribution in [2.24, 2.45) is 0 Å². The lowest BCUT2D eigenvalue weighted by Gasteiger charge is -2.45. The van der Waals surface area contributed by atoms with Crippen LogP contribution in [0.3, 0.4) is 0 Å². The number of nitrogens with zero attached hydrogens (tertiary/aromatic N) is 2. The first-order valence-corrected chi connectivity index (χ1v) is 9.85. The van der Waals surface area contributed by atoms with Gasteiger partial charge in [-0.3, -0.25) is 9.69 Å². The molecule has 142 valence electrons. The topological polar surface area (TPSA) is 44.1 Å². The molecule has 29 heavy (non-hydrogen) atoms. The summed E-state index contributed by atoms with van der Waals surface area (Å²) in [5.41, 5.74) is 2.33. The second-order valence-corrected chi connectivity index (χ2v) is 7.19. The molecule has 0 radical (unpaired) electrons. The summed E-state index contributed by atoms with van der Waals surface area (Å²) in [6, 6.07) is 29.6. The second-order valence-electron chi connectivity index (χ2n) is 7.19. The lowest BCUT2D eigenvalue weighted by Crippen LogP contribution is -2.51. The van der Waals surface area contributed by atoms with Crippen LogP contribution in [-0.2, 0) is 5.54 Å². The van der Waals surface area contributed by atoms with E-state index in [4.69, 9.17) is 0 Å². The fourth-order valence-electron chi connectivity index (χ4n) is 4.34. The van der Waals surface area contributed by atoms with Gasteiger partial charge in [-0.05, 0) is 35.8 Å². The van der Waals surface area contributed by atoms with Crippen LogP contribution in [0.1, 0.15) is 46.3 Å². The zero-order valence-electron chi connectivity index (χ0n) is 16.3. The van der Waals surface area contributed by atoms with Gasteiger partial charge in [0.25, 0.3) is 5.91 Å². The molecule has 3 aromatic carbocycles. The number of rotatable bonds is 4. The van der Waals surface area contributed by atoms with E-state index in [0.717, 1.165) is 23.1 Å². The third-order valence-corrected chi connectivity index (χ3v) is 5.68. The molecule has 1 aliphatic heterocycles. The summed E-state index contributed by atoms with van der Waals surface area (Å²) in [5, 5.41) is 10.6. The van der Waals surface area contributed by atoms with Crippen molar-refractivity contribution >= 4 is 12.0 Å². The molecule has 0 bridgehead atoms. The van der Waals surface area contributed by atoms with Crippen LogP contribution < -0.4 is 0 Å². The summed E-state index contributed by atoms with van der Waals surface area (Å²) in [7, 11) is 0. The smallest absolute Gasteiger partial charge is 0.259 e. The van der Waals surface area contributed by atoms with E-state index >= 15 is 0 Å². The van der Waals surface area contributed by atoms with Gasteiger partial charge in [-0.1, -0.05) is 79.7 Å². The summed E-state index contributed by atoms with van der Waals surface area (Å²) >= 11 is 0. The molecule has 0 aliphatic carbocycles. The molecular formula is C26H22N2O. The molecule has 3 nitrogen and oxygen atoms in total. The summed E-state index contributed by atoms with van der Waals surface area (Å²) in [6.45, 7) is 2.07. The summed E-state index contributed by atoms with van der Waals surface area (Å²) in [6.07, 6.45) is 4.41. The largest absolute Gasteiger partial charge is 0.291 e. The normalized spacial score (nSPS) is 18.6. The molecule has 2 atom stereocenters. The predicted molar refractivity (Wildman–Crippen MR) is 115 cm³/mol. The highest BCUT2D eigenvalue weighted by atomic mass is 16.2. The van der Waals surface area contributed by atoms with Gasteiger partial charge in [0.2, 0.25) is 0 Å². The second kappa shape index (κ2) is 7.77. The van der Waals surface area contributed by atoms with Crippen LogP contribution in [0.2, 0.25) is 0 Å². The standard InChI is InChI=1S/C26H22N2O/c1-2-23(20-11-5-3-6-12-20)26(19-27)24-16-10-9-13-21(24)17-18-28(26)25(29)22-14-7-4-8-15-22/h3-18,23H,2H2,1H3. The zero-order valence-corrected chi connectivity index (χ0v) is 16.3. The van der Waals surface area contributed by atoms with E-state index in [0.29, 0.717) is 5.56 Å². The van der Waals surface area contributed by atoms with Crippen LogP contribution in [0.4, 0.5) is 0 Å². The zero-order chi connectivity index (χ0) is 20.3. The van der Waals surface area contributed by atoms with E-state index in [1.165, 1.54) is 0 Å². The minimum atomic E-state index is -1.13. The molecule has 0 N–H and O–H groups in total. The Kier molecular flexibility index (Phi) is 5.01. The minimum Gasteiger partial charge on any atom is -0.291 e. The molecule has 1 aliphatic rings. The highest BCUT2D eigenvalue weighted by molar-refractivity contribution is 5.97. The van der Waals surface area contributed by atoms with E-state index < -0.39 is 5.54 Å². The molecule has 0 aromatic heterocycles. The van der Waals surface area contributed by atoms with Crippen molar-refractivity contribution in [1.82, 2.24) is 4.90 Å². The van der Waals surface area contributed by atoms with Gasteiger partial charge in [0, 0.05) is 23.2 Å². The lowest BCUT2D eigenvalue weighted by molar-refractivity contribution is 0.0652. The highest BCUT2D eigenvalue weighted by Gasteiger charge is 2.50. The van der Waals surface area contributed by atoms with Gasteiger partial charge in [-0.25, -0.2) is 0 Å². The van der Waals surface area contributed by atoms with E-state index in [1.807, 2.05) is 78.9 Å². The lowest BCUT2D eigenvalue weighted by atomic mass is 9.70. The number of carbonyl (C=O) groups is 1. The van der Waals surface area contributed by atoms with Crippen LogP contribution in [0.25, 0.3) is 6.08 Å². The first-order valence-electron chi connectivity index (χ1n) is 9.85. The van der Waals surface area contributed by atoms with Gasteiger partial charge in [-0.2, -0.15) is 5.26 Å². The molecule has 3 aromatic rings. The average Bonchev–Trinajstić information content (AvgIpc) is 2.80.